The molecule has 0 saturated heterocycles. The van der Waals surface area contributed by atoms with Gasteiger partial charge in [0.05, 0.1) is 12.8 Å². The maximum Gasteiger partial charge on any atom is 0.407 e. The molecule has 1 fully saturated rings. The molecule has 7 heteroatoms. The van der Waals surface area contributed by atoms with Crippen LogP contribution in [-0.4, -0.2) is 46.3 Å². The van der Waals surface area contributed by atoms with Crippen LogP contribution in [-0.2, 0) is 12.8 Å². The molecule has 0 radical (unpaired) electrons. The molecular formula is C25H35N3O3S. The van der Waals surface area contributed by atoms with Crippen LogP contribution in [0.3, 0.4) is 0 Å². The van der Waals surface area contributed by atoms with E-state index in [-0.39, 0.29) is 5.54 Å². The second-order valence-corrected chi connectivity index (χ2v) is 11.2. The zero-order chi connectivity index (χ0) is 22.9. The van der Waals surface area contributed by atoms with Crippen molar-refractivity contribution in [2.45, 2.75) is 77.3 Å². The summed E-state index contributed by atoms with van der Waals surface area (Å²) in [6.45, 7) is 6.52. The van der Waals surface area contributed by atoms with E-state index in [9.17, 15) is 9.90 Å². The second kappa shape index (κ2) is 9.30. The van der Waals surface area contributed by atoms with E-state index in [1.165, 1.54) is 16.0 Å². The Morgan fingerprint density at radius 3 is 2.66 bits per heavy atom. The molecule has 1 amide bonds. The molecule has 0 atom stereocenters. The van der Waals surface area contributed by atoms with Gasteiger partial charge in [-0.05, 0) is 95.4 Å². The van der Waals surface area contributed by atoms with E-state index >= 15 is 0 Å². The first kappa shape index (κ1) is 22.9. The van der Waals surface area contributed by atoms with Gasteiger partial charge in [0, 0.05) is 28.6 Å². The number of amides is 1. The summed E-state index contributed by atoms with van der Waals surface area (Å²) in [6.07, 6.45) is 6.64. The van der Waals surface area contributed by atoms with E-state index in [1.807, 2.05) is 26.8 Å². The van der Waals surface area contributed by atoms with Crippen LogP contribution in [0, 0.1) is 5.92 Å². The van der Waals surface area contributed by atoms with Crippen LogP contribution in [0.25, 0.3) is 11.3 Å². The lowest BCUT2D eigenvalue weighted by Crippen LogP contribution is -2.48. The molecule has 1 saturated carbocycles. The van der Waals surface area contributed by atoms with Crippen LogP contribution in [0.1, 0.15) is 63.3 Å². The first-order chi connectivity index (χ1) is 15.2. The molecule has 0 bridgehead atoms. The summed E-state index contributed by atoms with van der Waals surface area (Å²) in [5.74, 6) is 1.34. The van der Waals surface area contributed by atoms with Crippen LogP contribution in [0.2, 0.25) is 0 Å². The average Bonchev–Trinajstić information content (AvgIpc) is 3.06. The molecular weight excluding hydrogens is 422 g/mol. The number of anilines is 1. The van der Waals surface area contributed by atoms with Gasteiger partial charge >= 0.3 is 6.09 Å². The normalized spacial score (nSPS) is 20.6. The van der Waals surface area contributed by atoms with Crippen LogP contribution in [0.4, 0.5) is 9.93 Å². The van der Waals surface area contributed by atoms with Gasteiger partial charge in [-0.25, -0.2) is 9.78 Å². The number of nitrogens with zero attached hydrogens (tertiary/aromatic N) is 2. The fraction of sp³-hybridized carbons (Fsp3) is 0.600. The number of carboxylic acid groups (broad SMARTS) is 1. The van der Waals surface area contributed by atoms with Gasteiger partial charge < -0.3 is 20.1 Å². The van der Waals surface area contributed by atoms with Crippen molar-refractivity contribution < 1.29 is 14.6 Å². The second-order valence-electron chi connectivity index (χ2n) is 10.1. The van der Waals surface area contributed by atoms with Crippen molar-refractivity contribution in [1.29, 1.82) is 0 Å². The molecule has 2 N–H and O–H groups in total. The molecule has 1 heterocycles. The highest BCUT2D eigenvalue weighted by Crippen LogP contribution is 2.39. The van der Waals surface area contributed by atoms with Crippen LogP contribution < -0.4 is 10.1 Å². The van der Waals surface area contributed by atoms with Gasteiger partial charge in [0.25, 0.3) is 0 Å². The number of carbonyl (C=O) groups is 1. The third-order valence-electron chi connectivity index (χ3n) is 6.77. The maximum absolute atomic E-state index is 11.7. The third-order valence-corrected chi connectivity index (χ3v) is 7.82. The summed E-state index contributed by atoms with van der Waals surface area (Å²) >= 11 is 1.80. The third kappa shape index (κ3) is 5.03. The van der Waals surface area contributed by atoms with Gasteiger partial charge in [0.15, 0.2) is 5.13 Å². The number of hydrogen-bond donors (Lipinski definition) is 2. The Bertz CT molecular complexity index is 958. The van der Waals surface area contributed by atoms with Crippen molar-refractivity contribution in [2.75, 3.05) is 19.0 Å². The molecule has 0 aliphatic heterocycles. The SMILES string of the molecule is COc1ccc2c(c1)CCCc1sc(NC3CCC(CN(C(=O)O)C(C)(C)C)CC3)nc1-2. The van der Waals surface area contributed by atoms with Crippen molar-refractivity contribution >= 4 is 22.6 Å². The minimum Gasteiger partial charge on any atom is -0.497 e. The Balaban J connectivity index is 1.39. The van der Waals surface area contributed by atoms with Gasteiger partial charge in [-0.15, -0.1) is 11.3 Å². The van der Waals surface area contributed by atoms with Crippen molar-refractivity contribution in [2.24, 2.45) is 5.92 Å². The fourth-order valence-corrected chi connectivity index (χ4v) is 6.02. The van der Waals surface area contributed by atoms with E-state index in [0.717, 1.165) is 61.5 Å². The van der Waals surface area contributed by atoms with Gasteiger partial charge in [-0.1, -0.05) is 0 Å². The average molecular weight is 458 g/mol. The maximum atomic E-state index is 11.7. The molecule has 2 aromatic rings. The summed E-state index contributed by atoms with van der Waals surface area (Å²) in [4.78, 5) is 19.6. The number of hydrogen-bond acceptors (Lipinski definition) is 5. The largest absolute Gasteiger partial charge is 0.497 e. The fourth-order valence-electron chi connectivity index (χ4n) is 4.93. The van der Waals surface area contributed by atoms with Crippen molar-refractivity contribution in [3.8, 4) is 17.0 Å². The van der Waals surface area contributed by atoms with Crippen molar-refractivity contribution in [3.05, 3.63) is 28.6 Å². The number of fused-ring (bicyclic) bond motifs is 3. The minimum absolute atomic E-state index is 0.361. The zero-order valence-electron chi connectivity index (χ0n) is 19.6. The Labute approximate surface area is 195 Å². The van der Waals surface area contributed by atoms with Gasteiger partial charge in [-0.3, -0.25) is 0 Å². The number of nitrogens with one attached hydrogen (secondary N) is 1. The summed E-state index contributed by atoms with van der Waals surface area (Å²) in [5.41, 5.74) is 3.33. The molecule has 2 aliphatic carbocycles. The van der Waals surface area contributed by atoms with Crippen LogP contribution in [0.15, 0.2) is 18.2 Å². The van der Waals surface area contributed by atoms with E-state index in [4.69, 9.17) is 9.72 Å². The molecule has 2 aliphatic rings. The molecule has 6 nitrogen and oxygen atoms in total. The lowest BCUT2D eigenvalue weighted by molar-refractivity contribution is 0.0826. The highest BCUT2D eigenvalue weighted by molar-refractivity contribution is 7.16. The smallest absolute Gasteiger partial charge is 0.407 e. The monoisotopic (exact) mass is 457 g/mol. The highest BCUT2D eigenvalue weighted by atomic mass is 32.1. The van der Waals surface area contributed by atoms with Crippen LogP contribution >= 0.6 is 11.3 Å². The summed E-state index contributed by atoms with van der Waals surface area (Å²) in [6, 6.07) is 6.73. The number of ether oxygens (including phenoxy) is 1. The Hall–Kier alpha value is -2.28. The van der Waals surface area contributed by atoms with E-state index in [1.54, 1.807) is 23.3 Å². The first-order valence-electron chi connectivity index (χ1n) is 11.7. The molecule has 0 spiro atoms. The van der Waals surface area contributed by atoms with Crippen molar-refractivity contribution in [1.82, 2.24) is 9.88 Å². The predicted molar refractivity (Wildman–Crippen MR) is 130 cm³/mol. The number of benzene rings is 1. The summed E-state index contributed by atoms with van der Waals surface area (Å²) < 4.78 is 5.41. The number of aryl methyl sites for hydroxylation is 2. The van der Waals surface area contributed by atoms with Gasteiger partial charge in [0.2, 0.25) is 0 Å². The molecule has 0 unspecified atom stereocenters. The van der Waals surface area contributed by atoms with Gasteiger partial charge in [-0.2, -0.15) is 0 Å². The lowest BCUT2D eigenvalue weighted by Gasteiger charge is -2.38. The predicted octanol–water partition coefficient (Wildman–Crippen LogP) is 6.06. The lowest BCUT2D eigenvalue weighted by atomic mass is 9.85. The molecule has 1 aromatic heterocycles. The topological polar surface area (TPSA) is 74.7 Å². The van der Waals surface area contributed by atoms with E-state index in [0.29, 0.717) is 18.5 Å². The summed E-state index contributed by atoms with van der Waals surface area (Å²) in [5, 5.41) is 14.3. The standard InChI is InChI=1S/C25H35N3O3S/c1-25(2,3)28(24(29)30)15-16-8-10-18(11-9-16)26-23-27-22-20-13-12-19(31-4)14-17(20)6-5-7-21(22)32-23/h12-14,16,18H,5-11,15H2,1-4H3,(H,26,27)(H,29,30). The number of methoxy groups -OCH3 is 1. The number of aromatic nitrogens is 1. The molecule has 174 valence electrons. The summed E-state index contributed by atoms with van der Waals surface area (Å²) in [7, 11) is 1.71. The molecule has 1 aromatic carbocycles. The van der Waals surface area contributed by atoms with Gasteiger partial charge in [0.1, 0.15) is 5.75 Å². The first-order valence-corrected chi connectivity index (χ1v) is 12.5. The highest BCUT2D eigenvalue weighted by Gasteiger charge is 2.31. The van der Waals surface area contributed by atoms with Crippen LogP contribution in [0.5, 0.6) is 5.75 Å². The molecule has 4 rings (SSSR count). The zero-order valence-corrected chi connectivity index (χ0v) is 20.4. The minimum atomic E-state index is -0.820. The Morgan fingerprint density at radius 1 is 1.25 bits per heavy atom. The number of rotatable bonds is 5. The van der Waals surface area contributed by atoms with E-state index < -0.39 is 6.09 Å². The Kier molecular flexibility index (Phi) is 6.65. The van der Waals surface area contributed by atoms with Crippen molar-refractivity contribution in [3.63, 3.8) is 0 Å². The van der Waals surface area contributed by atoms with E-state index in [2.05, 4.69) is 17.4 Å². The number of thiazole rings is 1. The Morgan fingerprint density at radius 2 is 2.00 bits per heavy atom. The quantitative estimate of drug-likeness (QED) is 0.571. The molecule has 32 heavy (non-hydrogen) atoms.